The molecule has 44 heavy (non-hydrogen) atoms. The van der Waals surface area contributed by atoms with Crippen LogP contribution in [0.4, 0.5) is 13.2 Å². The molecule has 1 saturated carbocycles. The Balaban J connectivity index is 1.09. The SMILES string of the molecule is CC(C)(O)c1cc(OC2CCCC(N3CC(CC#N)(n4cc(-c5ncnc6[nH]ccc56)cn4)C3)CCC2)nc(C(F)(F)F)c1. The van der Waals surface area contributed by atoms with Crippen LogP contribution in [-0.4, -0.2) is 65.0 Å². The Labute approximate surface area is 252 Å². The monoisotopic (exact) mass is 608 g/mol. The number of H-pyrrole nitrogens is 1. The van der Waals surface area contributed by atoms with E-state index in [0.717, 1.165) is 54.0 Å². The first-order chi connectivity index (χ1) is 20.9. The number of nitriles is 1. The molecule has 2 aliphatic rings. The van der Waals surface area contributed by atoms with E-state index in [-0.39, 0.29) is 17.5 Å². The van der Waals surface area contributed by atoms with E-state index >= 15 is 0 Å². The third kappa shape index (κ3) is 6.01. The normalized spacial score (nSPS) is 21.3. The lowest BCUT2D eigenvalue weighted by Gasteiger charge is -2.52. The van der Waals surface area contributed by atoms with Crippen LogP contribution in [0.5, 0.6) is 5.88 Å². The summed E-state index contributed by atoms with van der Waals surface area (Å²) < 4.78 is 48.4. The molecule has 0 amide bonds. The zero-order chi connectivity index (χ0) is 31.1. The number of likely N-dealkylation sites (tertiary alicyclic amines) is 1. The molecule has 4 aromatic rings. The second-order valence-corrected chi connectivity index (χ2v) is 12.5. The van der Waals surface area contributed by atoms with Gasteiger partial charge in [-0.05, 0) is 70.1 Å². The standard InChI is InChI=1S/C31H35F3N8O2/c1-29(2,43)21-13-25(31(32,33)34)40-26(14-21)44-23-7-3-5-22(6-4-8-23)41-17-30(18-41,10-11-35)42-16-20(15-39-42)27-24-9-12-36-28(24)38-19-37-27/h9,12-16,19,22-23,43H,3-8,10,17-18H2,1-2H3,(H,36,37,38). The number of nitrogens with one attached hydrogen (secondary N) is 1. The Morgan fingerprint density at radius 2 is 1.89 bits per heavy atom. The summed E-state index contributed by atoms with van der Waals surface area (Å²) in [6.45, 7) is 4.30. The number of hydrogen-bond donors (Lipinski definition) is 2. The Kier molecular flexibility index (Phi) is 7.83. The smallest absolute Gasteiger partial charge is 0.433 e. The van der Waals surface area contributed by atoms with Crippen LogP contribution in [0.1, 0.15) is 70.1 Å². The number of aliphatic hydroxyl groups is 1. The molecule has 1 aliphatic carbocycles. The molecule has 1 saturated heterocycles. The summed E-state index contributed by atoms with van der Waals surface area (Å²) in [7, 11) is 0. The Morgan fingerprint density at radius 3 is 2.57 bits per heavy atom. The average molecular weight is 609 g/mol. The number of nitrogens with zero attached hydrogens (tertiary/aromatic N) is 7. The van der Waals surface area contributed by atoms with Crippen molar-refractivity contribution in [3.63, 3.8) is 0 Å². The summed E-state index contributed by atoms with van der Waals surface area (Å²) in [5.41, 5.74) is -0.428. The molecule has 0 unspecified atom stereocenters. The number of alkyl halides is 3. The molecule has 1 aliphatic heterocycles. The lowest BCUT2D eigenvalue weighted by molar-refractivity contribution is -0.141. The van der Waals surface area contributed by atoms with Crippen molar-refractivity contribution in [1.29, 1.82) is 5.26 Å². The topological polar surface area (TPSA) is 129 Å². The van der Waals surface area contributed by atoms with Crippen molar-refractivity contribution in [3.05, 3.63) is 54.4 Å². The van der Waals surface area contributed by atoms with Gasteiger partial charge in [0.1, 0.15) is 29.3 Å². The van der Waals surface area contributed by atoms with Crippen molar-refractivity contribution < 1.29 is 23.0 Å². The van der Waals surface area contributed by atoms with E-state index in [1.54, 1.807) is 6.20 Å². The fraction of sp³-hybridized carbons (Fsp3) is 0.516. The second kappa shape index (κ2) is 11.5. The largest absolute Gasteiger partial charge is 0.474 e. The summed E-state index contributed by atoms with van der Waals surface area (Å²) >= 11 is 0. The van der Waals surface area contributed by atoms with Gasteiger partial charge in [-0.2, -0.15) is 23.5 Å². The number of aromatic nitrogens is 6. The second-order valence-electron chi connectivity index (χ2n) is 12.5. The van der Waals surface area contributed by atoms with Gasteiger partial charge in [-0.3, -0.25) is 9.58 Å². The fourth-order valence-electron chi connectivity index (χ4n) is 6.43. The molecule has 10 nitrogen and oxygen atoms in total. The predicted molar refractivity (Wildman–Crippen MR) is 155 cm³/mol. The van der Waals surface area contributed by atoms with Gasteiger partial charge in [0.2, 0.25) is 5.88 Å². The lowest BCUT2D eigenvalue weighted by atomic mass is 9.83. The van der Waals surface area contributed by atoms with E-state index < -0.39 is 23.0 Å². The molecule has 13 heteroatoms. The first kappa shape index (κ1) is 30.0. The number of pyridine rings is 1. The average Bonchev–Trinajstić information content (AvgIpc) is 3.61. The first-order valence-corrected chi connectivity index (χ1v) is 14.9. The van der Waals surface area contributed by atoms with Crippen LogP contribution in [0.15, 0.2) is 43.1 Å². The van der Waals surface area contributed by atoms with Gasteiger partial charge in [-0.15, -0.1) is 0 Å². The highest BCUT2D eigenvalue weighted by Crippen LogP contribution is 2.39. The van der Waals surface area contributed by atoms with Crippen LogP contribution in [0.2, 0.25) is 0 Å². The Morgan fingerprint density at radius 1 is 1.14 bits per heavy atom. The maximum atomic E-state index is 13.5. The summed E-state index contributed by atoms with van der Waals surface area (Å²) in [6.07, 6.45) is 7.47. The summed E-state index contributed by atoms with van der Waals surface area (Å²) in [4.78, 5) is 18.0. The van der Waals surface area contributed by atoms with Crippen molar-refractivity contribution in [1.82, 2.24) is 34.6 Å². The van der Waals surface area contributed by atoms with Crippen molar-refractivity contribution in [2.24, 2.45) is 0 Å². The molecule has 0 atom stereocenters. The maximum Gasteiger partial charge on any atom is 0.433 e. The van der Waals surface area contributed by atoms with Crippen LogP contribution in [0.25, 0.3) is 22.3 Å². The Hall–Kier alpha value is -4.02. The molecule has 0 radical (unpaired) electrons. The third-order valence-electron chi connectivity index (χ3n) is 8.83. The number of ether oxygens (including phenoxy) is 1. The van der Waals surface area contributed by atoms with Gasteiger partial charge < -0.3 is 14.8 Å². The molecule has 6 rings (SSSR count). The molecular weight excluding hydrogens is 573 g/mol. The van der Waals surface area contributed by atoms with Crippen LogP contribution >= 0.6 is 0 Å². The quantitative estimate of drug-likeness (QED) is 0.279. The van der Waals surface area contributed by atoms with E-state index in [2.05, 4.69) is 36.0 Å². The Bertz CT molecular complexity index is 1620. The van der Waals surface area contributed by atoms with E-state index in [1.807, 2.05) is 23.1 Å². The highest BCUT2D eigenvalue weighted by atomic mass is 19.4. The highest BCUT2D eigenvalue weighted by Gasteiger charge is 2.47. The van der Waals surface area contributed by atoms with Crippen LogP contribution in [0.3, 0.4) is 0 Å². The fourth-order valence-corrected chi connectivity index (χ4v) is 6.43. The van der Waals surface area contributed by atoms with Gasteiger partial charge in [-0.25, -0.2) is 15.0 Å². The summed E-state index contributed by atoms with van der Waals surface area (Å²) in [6, 6.07) is 6.91. The van der Waals surface area contributed by atoms with Gasteiger partial charge >= 0.3 is 6.18 Å². The van der Waals surface area contributed by atoms with Crippen LogP contribution in [-0.2, 0) is 17.3 Å². The van der Waals surface area contributed by atoms with Crippen LogP contribution in [0, 0.1) is 11.3 Å². The van der Waals surface area contributed by atoms with Crippen molar-refractivity contribution in [2.75, 3.05) is 13.1 Å². The molecule has 2 fully saturated rings. The molecular formula is C31H35F3N8O2. The van der Waals surface area contributed by atoms with Crippen molar-refractivity contribution >= 4 is 11.0 Å². The molecule has 0 spiro atoms. The molecule has 232 valence electrons. The van der Waals surface area contributed by atoms with Gasteiger partial charge in [-0.1, -0.05) is 0 Å². The summed E-state index contributed by atoms with van der Waals surface area (Å²) in [5.74, 6) is -0.110. The van der Waals surface area contributed by atoms with Crippen LogP contribution < -0.4 is 4.74 Å². The van der Waals surface area contributed by atoms with Gasteiger partial charge in [0.25, 0.3) is 0 Å². The summed E-state index contributed by atoms with van der Waals surface area (Å²) in [5, 5.41) is 25.6. The highest BCUT2D eigenvalue weighted by molar-refractivity contribution is 5.90. The van der Waals surface area contributed by atoms with E-state index in [1.165, 1.54) is 26.2 Å². The molecule has 0 bridgehead atoms. The number of hydrogen-bond acceptors (Lipinski definition) is 8. The number of fused-ring (bicyclic) bond motifs is 1. The zero-order valence-corrected chi connectivity index (χ0v) is 24.7. The van der Waals surface area contributed by atoms with E-state index in [4.69, 9.17) is 4.74 Å². The zero-order valence-electron chi connectivity index (χ0n) is 24.7. The van der Waals surface area contributed by atoms with Crippen molar-refractivity contribution in [2.45, 2.75) is 88.3 Å². The minimum Gasteiger partial charge on any atom is -0.474 e. The van der Waals surface area contributed by atoms with Gasteiger partial charge in [0.05, 0.1) is 30.0 Å². The molecule has 4 aromatic heterocycles. The minimum absolute atomic E-state index is 0.110. The third-order valence-corrected chi connectivity index (χ3v) is 8.83. The number of aromatic amines is 1. The molecule has 0 aromatic carbocycles. The minimum atomic E-state index is -4.64. The first-order valence-electron chi connectivity index (χ1n) is 14.9. The van der Waals surface area contributed by atoms with E-state index in [0.29, 0.717) is 38.4 Å². The number of halogens is 3. The number of rotatable bonds is 7. The molecule has 5 heterocycles. The van der Waals surface area contributed by atoms with Gasteiger partial charge in [0.15, 0.2) is 0 Å². The van der Waals surface area contributed by atoms with Crippen molar-refractivity contribution in [3.8, 4) is 23.2 Å². The lowest BCUT2D eigenvalue weighted by Crippen LogP contribution is -2.65. The predicted octanol–water partition coefficient (Wildman–Crippen LogP) is 5.56. The maximum absolute atomic E-state index is 13.5. The van der Waals surface area contributed by atoms with Gasteiger partial charge in [0, 0.05) is 48.5 Å². The van der Waals surface area contributed by atoms with E-state index in [9.17, 15) is 23.5 Å². The molecule has 2 N–H and O–H groups in total.